The Morgan fingerprint density at radius 3 is 2.11 bits per heavy atom. The maximum Gasteiger partial charge on any atom is 0.296 e. The molecule has 146 valence electrons. The van der Waals surface area contributed by atoms with Gasteiger partial charge >= 0.3 is 0 Å². The zero-order valence-corrected chi connectivity index (χ0v) is 16.1. The quantitative estimate of drug-likeness (QED) is 0.419. The molecule has 0 saturated carbocycles. The zero-order chi connectivity index (χ0) is 20.5. The lowest BCUT2D eigenvalue weighted by molar-refractivity contribution is 0.481. The summed E-state index contributed by atoms with van der Waals surface area (Å²) in [6.45, 7) is 0. The zero-order valence-electron chi connectivity index (χ0n) is 14.4. The van der Waals surface area contributed by atoms with Crippen molar-refractivity contribution in [1.82, 2.24) is 0 Å². The van der Waals surface area contributed by atoms with Crippen LogP contribution in [0, 0.1) is 0 Å². The molecule has 0 saturated heterocycles. The van der Waals surface area contributed by atoms with Crippen molar-refractivity contribution in [2.24, 2.45) is 10.2 Å². The van der Waals surface area contributed by atoms with E-state index in [0.717, 1.165) is 0 Å². The average molecular weight is 421 g/mol. The predicted octanol–water partition coefficient (Wildman–Crippen LogP) is 3.79. The highest BCUT2D eigenvalue weighted by molar-refractivity contribution is 7.86. The maximum absolute atomic E-state index is 11.5. The number of anilines is 1. The first-order chi connectivity index (χ1) is 13.1. The monoisotopic (exact) mass is 421 g/mol. The Morgan fingerprint density at radius 2 is 1.46 bits per heavy atom. The summed E-state index contributed by atoms with van der Waals surface area (Å²) in [4.78, 5) is -0.661. The number of azo groups is 1. The van der Waals surface area contributed by atoms with Gasteiger partial charge in [-0.1, -0.05) is 18.2 Å². The van der Waals surface area contributed by atoms with Gasteiger partial charge < -0.3 is 5.32 Å². The van der Waals surface area contributed by atoms with Gasteiger partial charge in [0.15, 0.2) is 0 Å². The minimum Gasteiger partial charge on any atom is -0.388 e. The number of benzene rings is 3. The summed E-state index contributed by atoms with van der Waals surface area (Å²) in [6, 6.07) is 12.8. The van der Waals surface area contributed by atoms with Crippen molar-refractivity contribution in [3.05, 3.63) is 54.6 Å². The summed E-state index contributed by atoms with van der Waals surface area (Å²) in [7, 11) is -7.21. The predicted molar refractivity (Wildman–Crippen MR) is 104 cm³/mol. The molecule has 3 aromatic rings. The molecule has 0 fully saturated rings. The Kier molecular flexibility index (Phi) is 5.17. The molecule has 9 nitrogen and oxygen atoms in total. The van der Waals surface area contributed by atoms with E-state index in [9.17, 15) is 25.9 Å². The van der Waals surface area contributed by atoms with Crippen molar-refractivity contribution in [3.8, 4) is 0 Å². The number of nitrogens with one attached hydrogen (secondary N) is 1. The molecule has 0 amide bonds. The van der Waals surface area contributed by atoms with Crippen molar-refractivity contribution >= 4 is 48.1 Å². The summed E-state index contributed by atoms with van der Waals surface area (Å²) < 4.78 is 64.3. The molecule has 0 aromatic heterocycles. The highest BCUT2D eigenvalue weighted by atomic mass is 32.2. The van der Waals surface area contributed by atoms with Crippen molar-refractivity contribution in [2.75, 3.05) is 12.4 Å². The molecule has 0 aliphatic rings. The van der Waals surface area contributed by atoms with Gasteiger partial charge in [-0.2, -0.15) is 16.8 Å². The Hall–Kier alpha value is -2.86. The van der Waals surface area contributed by atoms with Gasteiger partial charge in [0.2, 0.25) is 0 Å². The molecule has 0 heterocycles. The average Bonchev–Trinajstić information content (AvgIpc) is 2.64. The third-order valence-corrected chi connectivity index (χ3v) is 5.69. The minimum absolute atomic E-state index is 0.0506. The first-order valence-electron chi connectivity index (χ1n) is 7.81. The molecule has 0 spiro atoms. The number of nitrogens with zero attached hydrogens (tertiary/aromatic N) is 2. The van der Waals surface area contributed by atoms with Gasteiger partial charge in [0, 0.05) is 23.5 Å². The van der Waals surface area contributed by atoms with Gasteiger partial charge in [-0.3, -0.25) is 9.11 Å². The second-order valence-electron chi connectivity index (χ2n) is 5.71. The van der Waals surface area contributed by atoms with Crippen LogP contribution >= 0.6 is 0 Å². The molecule has 28 heavy (non-hydrogen) atoms. The van der Waals surface area contributed by atoms with Crippen LogP contribution in [-0.2, 0) is 20.2 Å². The summed E-state index contributed by atoms with van der Waals surface area (Å²) in [5.41, 5.74) is 0.879. The highest BCUT2D eigenvalue weighted by Crippen LogP contribution is 2.35. The molecule has 3 aromatic carbocycles. The van der Waals surface area contributed by atoms with E-state index in [1.807, 2.05) is 0 Å². The third kappa shape index (κ3) is 4.02. The van der Waals surface area contributed by atoms with E-state index in [-0.39, 0.29) is 15.5 Å². The number of hydrogen-bond acceptors (Lipinski definition) is 7. The van der Waals surface area contributed by atoms with Gasteiger partial charge in [-0.25, -0.2) is 0 Å². The second kappa shape index (κ2) is 7.28. The lowest BCUT2D eigenvalue weighted by atomic mass is 10.1. The van der Waals surface area contributed by atoms with Crippen LogP contribution in [0.15, 0.2) is 74.6 Å². The molecule has 0 bridgehead atoms. The van der Waals surface area contributed by atoms with Gasteiger partial charge in [0.05, 0.1) is 10.6 Å². The Labute approximate surface area is 161 Å². The first kappa shape index (κ1) is 19.9. The van der Waals surface area contributed by atoms with Gasteiger partial charge in [-0.15, -0.1) is 10.2 Å². The summed E-state index contributed by atoms with van der Waals surface area (Å²) in [5.74, 6) is 0. The molecule has 0 atom stereocenters. The van der Waals surface area contributed by atoms with E-state index in [2.05, 4.69) is 15.5 Å². The van der Waals surface area contributed by atoms with E-state index in [1.54, 1.807) is 25.2 Å². The maximum atomic E-state index is 11.5. The normalized spacial score (nSPS) is 12.5. The van der Waals surface area contributed by atoms with E-state index >= 15 is 0 Å². The fourth-order valence-electron chi connectivity index (χ4n) is 2.64. The molecular formula is C17H15N3O6S2. The van der Waals surface area contributed by atoms with E-state index in [1.165, 1.54) is 36.4 Å². The number of rotatable bonds is 5. The van der Waals surface area contributed by atoms with Crippen LogP contribution in [0.1, 0.15) is 0 Å². The van der Waals surface area contributed by atoms with Crippen LogP contribution in [0.4, 0.5) is 17.1 Å². The summed E-state index contributed by atoms with van der Waals surface area (Å²) >= 11 is 0. The summed E-state index contributed by atoms with van der Waals surface area (Å²) in [6.07, 6.45) is 0. The number of fused-ring (bicyclic) bond motifs is 1. The summed E-state index contributed by atoms with van der Waals surface area (Å²) in [5, 5.41) is 11.9. The second-order valence-corrected chi connectivity index (χ2v) is 8.52. The van der Waals surface area contributed by atoms with E-state index in [0.29, 0.717) is 22.1 Å². The lowest BCUT2D eigenvalue weighted by Gasteiger charge is -2.09. The van der Waals surface area contributed by atoms with Crippen LogP contribution in [-0.4, -0.2) is 33.0 Å². The minimum atomic E-state index is -4.47. The van der Waals surface area contributed by atoms with E-state index < -0.39 is 20.2 Å². The Bertz CT molecular complexity index is 1300. The molecule has 3 rings (SSSR count). The topological polar surface area (TPSA) is 145 Å². The molecule has 0 unspecified atom stereocenters. The van der Waals surface area contributed by atoms with Crippen molar-refractivity contribution in [2.45, 2.75) is 9.79 Å². The molecule has 0 radical (unpaired) electrons. The molecule has 0 aliphatic heterocycles. The van der Waals surface area contributed by atoms with Gasteiger partial charge in [-0.05, 0) is 36.4 Å². The Balaban J connectivity index is 2.17. The standard InChI is InChI=1S/C17H15N3O6S2/c1-18-14-8-9-15(12-7-6-11(10-13(12)14)27(21,22)23)19-20-16-4-2-3-5-17(16)28(24,25)26/h2-10,18H,1H3,(H,21,22,23)(H,24,25,26). The molecule has 0 aliphatic carbocycles. The SMILES string of the molecule is CNc1ccc(N=Nc2ccccc2S(=O)(=O)O)c2ccc(S(=O)(=O)O)cc12. The molecule has 11 heteroatoms. The fourth-order valence-corrected chi connectivity index (χ4v) is 3.77. The van der Waals surface area contributed by atoms with Crippen molar-refractivity contribution in [3.63, 3.8) is 0 Å². The van der Waals surface area contributed by atoms with Crippen molar-refractivity contribution < 1.29 is 25.9 Å². The van der Waals surface area contributed by atoms with Crippen LogP contribution in [0.25, 0.3) is 10.8 Å². The third-order valence-electron chi connectivity index (χ3n) is 3.94. The van der Waals surface area contributed by atoms with Crippen LogP contribution in [0.5, 0.6) is 0 Å². The van der Waals surface area contributed by atoms with Crippen molar-refractivity contribution in [1.29, 1.82) is 0 Å². The van der Waals surface area contributed by atoms with Gasteiger partial charge in [0.1, 0.15) is 10.6 Å². The van der Waals surface area contributed by atoms with Crippen LogP contribution < -0.4 is 5.32 Å². The number of hydrogen-bond donors (Lipinski definition) is 3. The van der Waals surface area contributed by atoms with Crippen LogP contribution in [0.3, 0.4) is 0 Å². The largest absolute Gasteiger partial charge is 0.388 e. The highest BCUT2D eigenvalue weighted by Gasteiger charge is 2.15. The van der Waals surface area contributed by atoms with E-state index in [4.69, 9.17) is 0 Å². The fraction of sp³-hybridized carbons (Fsp3) is 0.0588. The lowest BCUT2D eigenvalue weighted by Crippen LogP contribution is -1.98. The smallest absolute Gasteiger partial charge is 0.296 e. The molecule has 3 N–H and O–H groups in total. The molecular weight excluding hydrogens is 406 g/mol. The Morgan fingerprint density at radius 1 is 0.786 bits per heavy atom. The van der Waals surface area contributed by atoms with Gasteiger partial charge in [0.25, 0.3) is 20.2 Å². The van der Waals surface area contributed by atoms with Crippen LogP contribution in [0.2, 0.25) is 0 Å². The first-order valence-corrected chi connectivity index (χ1v) is 10.7.